The minimum atomic E-state index is -1.17. The van der Waals surface area contributed by atoms with Crippen LogP contribution in [-0.2, 0) is 9.53 Å². The number of nitrogen functional groups attached to an aromatic ring is 1. The number of aryl methyl sites for hydroxylation is 2. The van der Waals surface area contributed by atoms with E-state index in [0.29, 0.717) is 11.4 Å². The van der Waals surface area contributed by atoms with E-state index in [1.807, 2.05) is 19.9 Å². The lowest BCUT2D eigenvalue weighted by Gasteiger charge is -2.31. The fourth-order valence-corrected chi connectivity index (χ4v) is 4.19. The molecule has 0 aliphatic carbocycles. The summed E-state index contributed by atoms with van der Waals surface area (Å²) in [6, 6.07) is 7.61. The third-order valence-electron chi connectivity index (χ3n) is 5.35. The first-order valence-electron chi connectivity index (χ1n) is 10.4. The first kappa shape index (κ1) is 24.9. The number of hydrogen-bond acceptors (Lipinski definition) is 8. The summed E-state index contributed by atoms with van der Waals surface area (Å²) in [6.07, 6.45) is 0. The normalized spacial score (nSPS) is 11.8. The average Bonchev–Trinajstić information content (AvgIpc) is 3.39. The number of aromatic nitrogens is 1. The van der Waals surface area contributed by atoms with Crippen molar-refractivity contribution in [2.24, 2.45) is 5.73 Å². The van der Waals surface area contributed by atoms with E-state index in [-0.39, 0.29) is 35.2 Å². The molecular weight excluding hydrogens is 458 g/mol. The van der Waals surface area contributed by atoms with Crippen LogP contribution in [0.15, 0.2) is 34.7 Å². The van der Waals surface area contributed by atoms with Crippen LogP contribution in [-0.4, -0.2) is 42.4 Å². The molecule has 34 heavy (non-hydrogen) atoms. The number of nitrogens with one attached hydrogen (secondary N) is 1. The summed E-state index contributed by atoms with van der Waals surface area (Å²) in [5.74, 6) is -1.09. The van der Waals surface area contributed by atoms with Gasteiger partial charge in [-0.05, 0) is 61.6 Å². The molecule has 0 fully saturated rings. The minimum absolute atomic E-state index is 0.00678. The number of hydrogen-bond donors (Lipinski definition) is 3. The molecule has 10 nitrogen and oxygen atoms in total. The number of methoxy groups -OCH3 is 1. The Morgan fingerprint density at radius 3 is 2.53 bits per heavy atom. The van der Waals surface area contributed by atoms with Crippen molar-refractivity contribution >= 4 is 40.6 Å². The van der Waals surface area contributed by atoms with Crippen molar-refractivity contribution in [2.75, 3.05) is 30.9 Å². The maximum absolute atomic E-state index is 13.9. The highest BCUT2D eigenvalue weighted by molar-refractivity contribution is 7.09. The van der Waals surface area contributed by atoms with Crippen LogP contribution in [0.2, 0.25) is 0 Å². The van der Waals surface area contributed by atoms with Crippen LogP contribution in [0.5, 0.6) is 0 Å². The molecule has 2 heterocycles. The molecule has 0 aliphatic rings. The maximum Gasteiger partial charge on any atom is 0.273 e. The number of carbonyl (C=O) groups excluding carboxylic acids is 3. The van der Waals surface area contributed by atoms with E-state index >= 15 is 0 Å². The topological polar surface area (TPSA) is 154 Å². The summed E-state index contributed by atoms with van der Waals surface area (Å²) in [5, 5.41) is 2.78. The summed E-state index contributed by atoms with van der Waals surface area (Å²) >= 11 is 0.747. The highest BCUT2D eigenvalue weighted by Crippen LogP contribution is 2.36. The Kier molecular flexibility index (Phi) is 7.69. The Bertz CT molecular complexity index is 1220. The van der Waals surface area contributed by atoms with Gasteiger partial charge in [-0.1, -0.05) is 12.1 Å². The molecule has 0 spiro atoms. The predicted octanol–water partition coefficient (Wildman–Crippen LogP) is 2.49. The summed E-state index contributed by atoms with van der Waals surface area (Å²) in [7, 11) is 1.52. The molecule has 3 amide bonds. The second-order valence-corrected chi connectivity index (χ2v) is 8.44. The number of nitrogens with zero attached hydrogens (tertiary/aromatic N) is 2. The lowest BCUT2D eigenvalue weighted by atomic mass is 10.0. The van der Waals surface area contributed by atoms with Crippen molar-refractivity contribution in [2.45, 2.75) is 26.8 Å². The number of rotatable bonds is 9. The average molecular weight is 486 g/mol. The number of benzene rings is 1. The van der Waals surface area contributed by atoms with E-state index in [2.05, 4.69) is 9.69 Å². The monoisotopic (exact) mass is 485 g/mol. The first-order valence-corrected chi connectivity index (χ1v) is 11.2. The van der Waals surface area contributed by atoms with Crippen molar-refractivity contribution in [1.82, 2.24) is 9.69 Å². The number of nitrogens with two attached hydrogens (primary N) is 2. The van der Waals surface area contributed by atoms with E-state index in [1.54, 1.807) is 31.2 Å². The van der Waals surface area contributed by atoms with Crippen molar-refractivity contribution < 1.29 is 23.5 Å². The van der Waals surface area contributed by atoms with Gasteiger partial charge in [-0.2, -0.15) is 4.37 Å². The van der Waals surface area contributed by atoms with Gasteiger partial charge in [0, 0.05) is 19.3 Å². The standard InChI is InChI=1S/C23H27N5O5S/c1-12-6-5-7-15(14(12)3)28(23(31)20-17(24)18(21(25)29)27-34-20)19(16-9-8-13(2)33-16)22(30)26-10-11-32-4/h5-9,19H,10-11,24H2,1-4H3,(H2,25,29)(H,26,30)/t19-/m0/s1. The largest absolute Gasteiger partial charge is 0.464 e. The first-order chi connectivity index (χ1) is 16.2. The van der Waals surface area contributed by atoms with Gasteiger partial charge < -0.3 is 25.9 Å². The molecule has 3 aromatic rings. The number of furan rings is 1. The van der Waals surface area contributed by atoms with Gasteiger partial charge in [-0.3, -0.25) is 19.3 Å². The fourth-order valence-electron chi connectivity index (χ4n) is 3.45. The molecule has 2 aromatic heterocycles. The lowest BCUT2D eigenvalue weighted by molar-refractivity contribution is -0.123. The van der Waals surface area contributed by atoms with Gasteiger partial charge in [0.1, 0.15) is 16.4 Å². The van der Waals surface area contributed by atoms with Crippen LogP contribution in [0, 0.1) is 20.8 Å². The van der Waals surface area contributed by atoms with Crippen LogP contribution < -0.4 is 21.7 Å². The van der Waals surface area contributed by atoms with Crippen molar-refractivity contribution in [1.29, 1.82) is 0 Å². The third kappa shape index (κ3) is 4.95. The predicted molar refractivity (Wildman–Crippen MR) is 129 cm³/mol. The van der Waals surface area contributed by atoms with Crippen LogP contribution in [0.3, 0.4) is 0 Å². The number of carbonyl (C=O) groups is 3. The molecular formula is C23H27N5O5S. The highest BCUT2D eigenvalue weighted by atomic mass is 32.1. The minimum Gasteiger partial charge on any atom is -0.464 e. The Morgan fingerprint density at radius 2 is 1.94 bits per heavy atom. The van der Waals surface area contributed by atoms with Crippen LogP contribution in [0.25, 0.3) is 0 Å². The van der Waals surface area contributed by atoms with E-state index in [4.69, 9.17) is 20.6 Å². The number of anilines is 2. The molecule has 1 atom stereocenters. The number of ether oxygens (including phenoxy) is 1. The van der Waals surface area contributed by atoms with Gasteiger partial charge >= 0.3 is 0 Å². The summed E-state index contributed by atoms with van der Waals surface area (Å²) in [4.78, 5) is 40.4. The molecule has 1 aromatic carbocycles. The Morgan fingerprint density at radius 1 is 1.21 bits per heavy atom. The SMILES string of the molecule is COCCNC(=O)[C@H](c1ccc(C)o1)N(C(=O)c1snc(C(N)=O)c1N)c1cccc(C)c1C. The van der Waals surface area contributed by atoms with Gasteiger partial charge in [-0.15, -0.1) is 0 Å². The number of amides is 3. The summed E-state index contributed by atoms with van der Waals surface area (Å²) < 4.78 is 14.8. The maximum atomic E-state index is 13.9. The zero-order chi connectivity index (χ0) is 25.0. The molecule has 0 saturated carbocycles. The molecule has 0 radical (unpaired) electrons. The van der Waals surface area contributed by atoms with E-state index in [0.717, 1.165) is 22.7 Å². The number of primary amides is 1. The van der Waals surface area contributed by atoms with Crippen LogP contribution in [0.4, 0.5) is 11.4 Å². The van der Waals surface area contributed by atoms with Crippen molar-refractivity contribution in [3.8, 4) is 0 Å². The van der Waals surface area contributed by atoms with Gasteiger partial charge in [-0.25, -0.2) is 0 Å². The molecule has 0 unspecified atom stereocenters. The molecule has 0 bridgehead atoms. The van der Waals surface area contributed by atoms with Gasteiger partial charge in [0.05, 0.1) is 12.3 Å². The zero-order valence-corrected chi connectivity index (χ0v) is 20.2. The highest BCUT2D eigenvalue weighted by Gasteiger charge is 2.38. The van der Waals surface area contributed by atoms with Crippen molar-refractivity contribution in [3.05, 3.63) is 63.6 Å². The summed E-state index contributed by atoms with van der Waals surface area (Å²) in [6.45, 7) is 6.01. The molecule has 11 heteroatoms. The Labute approximate surface area is 201 Å². The third-order valence-corrected chi connectivity index (χ3v) is 6.20. The second-order valence-electron chi connectivity index (χ2n) is 7.67. The van der Waals surface area contributed by atoms with Crippen LogP contribution in [0.1, 0.15) is 48.8 Å². The van der Waals surface area contributed by atoms with Crippen LogP contribution >= 0.6 is 11.5 Å². The summed E-state index contributed by atoms with van der Waals surface area (Å²) in [5.41, 5.74) is 13.3. The molecule has 5 N–H and O–H groups in total. The van der Waals surface area contributed by atoms with E-state index in [1.165, 1.54) is 12.0 Å². The van der Waals surface area contributed by atoms with E-state index < -0.39 is 23.8 Å². The van der Waals surface area contributed by atoms with Crippen molar-refractivity contribution in [3.63, 3.8) is 0 Å². The fraction of sp³-hybridized carbons (Fsp3) is 0.304. The van der Waals surface area contributed by atoms with Gasteiger partial charge in [0.25, 0.3) is 17.7 Å². The quantitative estimate of drug-likeness (QED) is 0.393. The molecule has 0 saturated heterocycles. The van der Waals surface area contributed by atoms with E-state index in [9.17, 15) is 14.4 Å². The lowest BCUT2D eigenvalue weighted by Crippen LogP contribution is -2.45. The van der Waals surface area contributed by atoms with Gasteiger partial charge in [0.2, 0.25) is 0 Å². The smallest absolute Gasteiger partial charge is 0.273 e. The Hall–Kier alpha value is -3.70. The van der Waals surface area contributed by atoms with Gasteiger partial charge in [0.15, 0.2) is 11.7 Å². The molecule has 0 aliphatic heterocycles. The Balaban J connectivity index is 2.21. The second kappa shape index (κ2) is 10.5. The molecule has 3 rings (SSSR count). The molecule has 180 valence electrons. The zero-order valence-electron chi connectivity index (χ0n) is 19.4.